The second-order valence-corrected chi connectivity index (χ2v) is 6.47. The van der Waals surface area contributed by atoms with Crippen LogP contribution in [0, 0.1) is 32.1 Å². The van der Waals surface area contributed by atoms with Gasteiger partial charge in [-0.05, 0) is 49.3 Å². The van der Waals surface area contributed by atoms with Crippen LogP contribution in [-0.4, -0.2) is 22.2 Å². The Bertz CT molecular complexity index is 942. The Labute approximate surface area is 150 Å². The molecule has 0 amide bonds. The highest BCUT2D eigenvalue weighted by Crippen LogP contribution is 2.32. The quantitative estimate of drug-likeness (QED) is 0.513. The third kappa shape index (κ3) is 3.74. The molecule has 2 rings (SSSR count). The summed E-state index contributed by atoms with van der Waals surface area (Å²) < 4.78 is 5.15. The number of rotatable bonds is 4. The SMILES string of the molecule is CSc1nc(-c2c(C)cc(C)c(COC(C)=O)c2C)c(C#N)c(=O)[nH]1. The smallest absolute Gasteiger partial charge is 0.302 e. The van der Waals surface area contributed by atoms with Gasteiger partial charge in [0.15, 0.2) is 5.16 Å². The van der Waals surface area contributed by atoms with Crippen LogP contribution in [0.3, 0.4) is 0 Å². The molecule has 0 spiro atoms. The first kappa shape index (κ1) is 18.7. The molecular weight excluding hydrogens is 338 g/mol. The van der Waals surface area contributed by atoms with E-state index in [-0.39, 0.29) is 18.1 Å². The molecule has 0 aliphatic heterocycles. The van der Waals surface area contributed by atoms with E-state index < -0.39 is 5.56 Å². The molecule has 1 heterocycles. The van der Waals surface area contributed by atoms with E-state index in [9.17, 15) is 14.9 Å². The van der Waals surface area contributed by atoms with E-state index in [0.717, 1.165) is 27.8 Å². The Balaban J connectivity index is 2.78. The van der Waals surface area contributed by atoms with Gasteiger partial charge in [-0.25, -0.2) is 4.98 Å². The largest absolute Gasteiger partial charge is 0.461 e. The molecule has 0 aliphatic carbocycles. The van der Waals surface area contributed by atoms with E-state index in [1.54, 1.807) is 6.26 Å². The van der Waals surface area contributed by atoms with Crippen LogP contribution >= 0.6 is 11.8 Å². The van der Waals surface area contributed by atoms with Crippen molar-refractivity contribution in [3.05, 3.63) is 44.2 Å². The van der Waals surface area contributed by atoms with E-state index >= 15 is 0 Å². The molecule has 0 bridgehead atoms. The average molecular weight is 357 g/mol. The summed E-state index contributed by atoms with van der Waals surface area (Å²) in [6, 6.07) is 3.90. The number of aromatic amines is 1. The standard InChI is InChI=1S/C18H19N3O3S/c1-9-6-10(2)15(11(3)14(9)8-24-12(4)22)16-13(7-19)17(23)21-18(20-16)25-5/h6H,8H2,1-5H3,(H,20,21,23). The van der Waals surface area contributed by atoms with Gasteiger partial charge in [-0.15, -0.1) is 0 Å². The lowest BCUT2D eigenvalue weighted by Gasteiger charge is -2.18. The van der Waals surface area contributed by atoms with Crippen LogP contribution in [0.1, 0.15) is 34.7 Å². The molecule has 0 aliphatic rings. The normalized spacial score (nSPS) is 10.4. The molecule has 25 heavy (non-hydrogen) atoms. The number of benzene rings is 1. The zero-order valence-electron chi connectivity index (χ0n) is 14.8. The maximum Gasteiger partial charge on any atom is 0.302 e. The summed E-state index contributed by atoms with van der Waals surface area (Å²) in [6.07, 6.45) is 1.80. The van der Waals surface area contributed by atoms with E-state index in [1.807, 2.05) is 32.9 Å². The second kappa shape index (κ2) is 7.53. The van der Waals surface area contributed by atoms with Crippen molar-refractivity contribution in [2.24, 2.45) is 0 Å². The fourth-order valence-corrected chi connectivity index (χ4v) is 3.20. The topological polar surface area (TPSA) is 95.8 Å². The van der Waals surface area contributed by atoms with Crippen molar-refractivity contribution in [3.63, 3.8) is 0 Å². The highest BCUT2D eigenvalue weighted by atomic mass is 32.2. The van der Waals surface area contributed by atoms with E-state index in [0.29, 0.717) is 10.9 Å². The minimum absolute atomic E-state index is 0.0220. The third-order valence-corrected chi connectivity index (χ3v) is 4.57. The van der Waals surface area contributed by atoms with Crippen molar-refractivity contribution in [1.82, 2.24) is 9.97 Å². The summed E-state index contributed by atoms with van der Waals surface area (Å²) in [7, 11) is 0. The van der Waals surface area contributed by atoms with Gasteiger partial charge in [0.25, 0.3) is 5.56 Å². The molecule has 6 nitrogen and oxygen atoms in total. The van der Waals surface area contributed by atoms with Crippen LogP contribution < -0.4 is 5.56 Å². The second-order valence-electron chi connectivity index (χ2n) is 5.68. The van der Waals surface area contributed by atoms with Crippen molar-refractivity contribution < 1.29 is 9.53 Å². The number of carbonyl (C=O) groups is 1. The van der Waals surface area contributed by atoms with Gasteiger partial charge in [0.05, 0.1) is 5.69 Å². The van der Waals surface area contributed by atoms with Crippen LogP contribution in [0.5, 0.6) is 0 Å². The van der Waals surface area contributed by atoms with Crippen LogP contribution in [0.2, 0.25) is 0 Å². The number of nitriles is 1. The number of aromatic nitrogens is 2. The molecule has 2 aromatic rings. The first-order chi connectivity index (χ1) is 11.8. The number of H-pyrrole nitrogens is 1. The first-order valence-electron chi connectivity index (χ1n) is 7.62. The molecule has 7 heteroatoms. The van der Waals surface area contributed by atoms with Crippen LogP contribution in [0.25, 0.3) is 11.3 Å². The molecule has 1 N–H and O–H groups in total. The summed E-state index contributed by atoms with van der Waals surface area (Å²) in [5.41, 5.74) is 4.19. The highest BCUT2D eigenvalue weighted by molar-refractivity contribution is 7.98. The van der Waals surface area contributed by atoms with Crippen LogP contribution in [0.15, 0.2) is 16.0 Å². The fourth-order valence-electron chi connectivity index (χ4n) is 2.82. The minimum atomic E-state index is -0.460. The van der Waals surface area contributed by atoms with E-state index in [2.05, 4.69) is 9.97 Å². The molecule has 0 saturated heterocycles. The fraction of sp³-hybridized carbons (Fsp3) is 0.333. The summed E-state index contributed by atoms with van der Waals surface area (Å²) in [5, 5.41) is 9.86. The molecule has 0 fully saturated rings. The van der Waals surface area contributed by atoms with Gasteiger partial charge < -0.3 is 9.72 Å². The van der Waals surface area contributed by atoms with Gasteiger partial charge in [-0.1, -0.05) is 17.8 Å². The minimum Gasteiger partial charge on any atom is -0.461 e. The monoisotopic (exact) mass is 357 g/mol. The molecule has 0 radical (unpaired) electrons. The van der Waals surface area contributed by atoms with Gasteiger partial charge in [0.2, 0.25) is 0 Å². The zero-order chi connectivity index (χ0) is 18.7. The predicted octanol–water partition coefficient (Wildman–Crippen LogP) is 3.02. The Morgan fingerprint density at radius 1 is 1.36 bits per heavy atom. The highest BCUT2D eigenvalue weighted by Gasteiger charge is 2.20. The van der Waals surface area contributed by atoms with Crippen molar-refractivity contribution in [2.75, 3.05) is 6.26 Å². The van der Waals surface area contributed by atoms with Crippen molar-refractivity contribution >= 4 is 17.7 Å². The molecule has 130 valence electrons. The van der Waals surface area contributed by atoms with Gasteiger partial charge in [0, 0.05) is 12.5 Å². The summed E-state index contributed by atoms with van der Waals surface area (Å²) in [6.45, 7) is 7.23. The Morgan fingerprint density at radius 2 is 2.04 bits per heavy atom. The number of nitrogens with zero attached hydrogens (tertiary/aromatic N) is 2. The number of aryl methyl sites for hydroxylation is 2. The number of carbonyl (C=O) groups excluding carboxylic acids is 1. The lowest BCUT2D eigenvalue weighted by Crippen LogP contribution is -2.16. The molecule has 0 saturated carbocycles. The lowest BCUT2D eigenvalue weighted by atomic mass is 9.90. The number of nitrogens with one attached hydrogen (secondary N) is 1. The van der Waals surface area contributed by atoms with Gasteiger partial charge in [-0.2, -0.15) is 5.26 Å². The molecular formula is C18H19N3O3S. The summed E-state index contributed by atoms with van der Waals surface area (Å²) in [5.74, 6) is -0.363. The maximum absolute atomic E-state index is 12.2. The molecule has 0 unspecified atom stereocenters. The van der Waals surface area contributed by atoms with Gasteiger partial charge in [0.1, 0.15) is 18.2 Å². The van der Waals surface area contributed by atoms with Crippen molar-refractivity contribution in [2.45, 2.75) is 39.5 Å². The summed E-state index contributed by atoms with van der Waals surface area (Å²) in [4.78, 5) is 30.4. The Morgan fingerprint density at radius 3 is 2.60 bits per heavy atom. The number of hydrogen-bond donors (Lipinski definition) is 1. The van der Waals surface area contributed by atoms with Gasteiger partial charge >= 0.3 is 5.97 Å². The Hall–Kier alpha value is -2.59. The average Bonchev–Trinajstić information content (AvgIpc) is 2.53. The van der Waals surface area contributed by atoms with E-state index in [4.69, 9.17) is 4.74 Å². The van der Waals surface area contributed by atoms with Crippen LogP contribution in [0.4, 0.5) is 0 Å². The third-order valence-electron chi connectivity index (χ3n) is 3.99. The number of ether oxygens (including phenoxy) is 1. The van der Waals surface area contributed by atoms with Gasteiger partial charge in [-0.3, -0.25) is 9.59 Å². The molecule has 1 aromatic carbocycles. The predicted molar refractivity (Wildman–Crippen MR) is 96.5 cm³/mol. The summed E-state index contributed by atoms with van der Waals surface area (Å²) >= 11 is 1.30. The molecule has 0 atom stereocenters. The zero-order valence-corrected chi connectivity index (χ0v) is 15.6. The number of hydrogen-bond acceptors (Lipinski definition) is 6. The number of esters is 1. The number of thioether (sulfide) groups is 1. The molecule has 1 aromatic heterocycles. The van der Waals surface area contributed by atoms with Crippen molar-refractivity contribution in [3.8, 4) is 17.3 Å². The maximum atomic E-state index is 12.2. The van der Waals surface area contributed by atoms with Crippen LogP contribution in [-0.2, 0) is 16.1 Å². The van der Waals surface area contributed by atoms with E-state index in [1.165, 1.54) is 18.7 Å². The Kier molecular flexibility index (Phi) is 5.65. The first-order valence-corrected chi connectivity index (χ1v) is 8.84. The lowest BCUT2D eigenvalue weighted by molar-refractivity contribution is -0.142. The van der Waals surface area contributed by atoms with Crippen molar-refractivity contribution in [1.29, 1.82) is 5.26 Å².